The van der Waals surface area contributed by atoms with Gasteiger partial charge in [-0.05, 0) is 12.8 Å². The fraction of sp³-hybridized carbons (Fsp3) is 0.692. The second kappa shape index (κ2) is 14.7. The van der Waals surface area contributed by atoms with E-state index in [1.807, 2.05) is 6.92 Å². The number of aliphatic carboxylic acids is 1. The molecule has 0 heterocycles. The summed E-state index contributed by atoms with van der Waals surface area (Å²) >= 11 is 0. The molecule has 100 valence electrons. The van der Waals surface area contributed by atoms with Gasteiger partial charge in [-0.3, -0.25) is 9.59 Å². The van der Waals surface area contributed by atoms with E-state index in [1.165, 1.54) is 6.42 Å². The normalized spacial score (nSPS) is 8.82. The van der Waals surface area contributed by atoms with Gasteiger partial charge in [0.25, 0.3) is 0 Å². The van der Waals surface area contributed by atoms with Crippen molar-refractivity contribution < 1.29 is 19.4 Å². The summed E-state index contributed by atoms with van der Waals surface area (Å²) in [6, 6.07) is 0. The molecule has 0 aromatic rings. The van der Waals surface area contributed by atoms with Crippen LogP contribution in [0.1, 0.15) is 58.8 Å². The number of carboxylic acid groups (broad SMARTS) is 1. The summed E-state index contributed by atoms with van der Waals surface area (Å²) in [6.45, 7) is 7.27. The smallest absolute Gasteiger partial charge is 0.310 e. The monoisotopic (exact) mass is 244 g/mol. The van der Waals surface area contributed by atoms with Crippen LogP contribution in [0.15, 0.2) is 12.8 Å². The third-order valence-electron chi connectivity index (χ3n) is 1.91. The first-order chi connectivity index (χ1) is 8.08. The number of ether oxygens (including phenoxy) is 1. The zero-order valence-corrected chi connectivity index (χ0v) is 10.9. The first-order valence-electron chi connectivity index (χ1n) is 6.10. The summed E-state index contributed by atoms with van der Waals surface area (Å²) in [6.07, 6.45) is 7.01. The molecule has 1 N–H and O–H groups in total. The molecule has 0 amide bonds. The van der Waals surface area contributed by atoms with E-state index in [-0.39, 0.29) is 5.97 Å². The summed E-state index contributed by atoms with van der Waals surface area (Å²) in [5.41, 5.74) is 0. The van der Waals surface area contributed by atoms with E-state index in [4.69, 9.17) is 5.11 Å². The highest BCUT2D eigenvalue weighted by Gasteiger charge is 1.94. The van der Waals surface area contributed by atoms with Crippen LogP contribution in [-0.2, 0) is 14.3 Å². The van der Waals surface area contributed by atoms with Crippen LogP contribution in [-0.4, -0.2) is 17.0 Å². The molecular weight excluding hydrogens is 220 g/mol. The van der Waals surface area contributed by atoms with Crippen molar-refractivity contribution in [3.63, 3.8) is 0 Å². The topological polar surface area (TPSA) is 63.6 Å². The van der Waals surface area contributed by atoms with Crippen LogP contribution in [0.4, 0.5) is 0 Å². The predicted molar refractivity (Wildman–Crippen MR) is 67.6 cm³/mol. The minimum absolute atomic E-state index is 0.206. The quantitative estimate of drug-likeness (QED) is 0.403. The molecule has 0 aliphatic rings. The van der Waals surface area contributed by atoms with Gasteiger partial charge in [0, 0.05) is 12.8 Å². The predicted octanol–water partition coefficient (Wildman–Crippen LogP) is 3.51. The lowest BCUT2D eigenvalue weighted by Crippen LogP contribution is -1.96. The Kier molecular flexibility index (Phi) is 15.6. The molecule has 0 spiro atoms. The molecule has 4 nitrogen and oxygen atoms in total. The molecule has 0 aromatic heterocycles. The van der Waals surface area contributed by atoms with Crippen molar-refractivity contribution >= 4 is 11.9 Å². The van der Waals surface area contributed by atoms with Crippen molar-refractivity contribution in [3.8, 4) is 0 Å². The Bertz CT molecular complexity index is 211. The van der Waals surface area contributed by atoms with Crippen molar-refractivity contribution in [2.24, 2.45) is 0 Å². The van der Waals surface area contributed by atoms with Crippen LogP contribution in [0.3, 0.4) is 0 Å². The molecule has 4 heteroatoms. The molecule has 0 aromatic carbocycles. The van der Waals surface area contributed by atoms with Gasteiger partial charge in [0.15, 0.2) is 0 Å². The molecule has 0 unspecified atom stereocenters. The molecule has 0 radical (unpaired) electrons. The highest BCUT2D eigenvalue weighted by atomic mass is 16.5. The van der Waals surface area contributed by atoms with E-state index >= 15 is 0 Å². The fourth-order valence-electron chi connectivity index (χ4n) is 1.06. The van der Waals surface area contributed by atoms with Gasteiger partial charge in [0.05, 0.1) is 6.26 Å². The van der Waals surface area contributed by atoms with Gasteiger partial charge >= 0.3 is 11.9 Å². The standard InChI is InChI=1S/C7H14O2.C6H10O2/c1-2-3-4-5-6-7(8)9;1-3-5-6(7)8-4-2/h2-6H2,1H3,(H,8,9);4H,2-3,5H2,1H3. The lowest BCUT2D eigenvalue weighted by molar-refractivity contribution is -0.138. The van der Waals surface area contributed by atoms with Gasteiger partial charge in [-0.1, -0.05) is 39.7 Å². The Morgan fingerprint density at radius 2 is 1.76 bits per heavy atom. The van der Waals surface area contributed by atoms with Crippen LogP contribution in [0.5, 0.6) is 0 Å². The van der Waals surface area contributed by atoms with Crippen LogP contribution in [0, 0.1) is 0 Å². The summed E-state index contributed by atoms with van der Waals surface area (Å²) in [5, 5.41) is 8.21. The molecule has 0 rings (SSSR count). The van der Waals surface area contributed by atoms with E-state index in [0.29, 0.717) is 12.8 Å². The number of rotatable bonds is 8. The maximum atomic E-state index is 10.3. The molecule has 0 aliphatic carbocycles. The average Bonchev–Trinajstić information content (AvgIpc) is 2.26. The first kappa shape index (κ1) is 18.1. The van der Waals surface area contributed by atoms with Gasteiger partial charge < -0.3 is 9.84 Å². The van der Waals surface area contributed by atoms with Gasteiger partial charge in [-0.2, -0.15) is 0 Å². The van der Waals surface area contributed by atoms with Crippen molar-refractivity contribution in [2.75, 3.05) is 0 Å². The minimum atomic E-state index is -0.675. The van der Waals surface area contributed by atoms with Crippen LogP contribution < -0.4 is 0 Å². The summed E-state index contributed by atoms with van der Waals surface area (Å²) in [7, 11) is 0. The van der Waals surface area contributed by atoms with Gasteiger partial charge in [-0.15, -0.1) is 0 Å². The second-order valence-corrected chi connectivity index (χ2v) is 3.61. The molecule has 0 aliphatic heterocycles. The van der Waals surface area contributed by atoms with Gasteiger partial charge in [0.2, 0.25) is 0 Å². The number of hydrogen-bond acceptors (Lipinski definition) is 3. The molecule has 17 heavy (non-hydrogen) atoms. The van der Waals surface area contributed by atoms with Crippen molar-refractivity contribution in [1.82, 2.24) is 0 Å². The number of unbranched alkanes of at least 4 members (excludes halogenated alkanes) is 3. The van der Waals surface area contributed by atoms with E-state index in [1.54, 1.807) is 0 Å². The van der Waals surface area contributed by atoms with Crippen LogP contribution >= 0.6 is 0 Å². The molecule has 0 fully saturated rings. The van der Waals surface area contributed by atoms with Gasteiger partial charge in [-0.25, -0.2) is 0 Å². The fourth-order valence-corrected chi connectivity index (χ4v) is 1.06. The highest BCUT2D eigenvalue weighted by Crippen LogP contribution is 2.01. The maximum absolute atomic E-state index is 10.3. The van der Waals surface area contributed by atoms with Crippen molar-refractivity contribution in [1.29, 1.82) is 0 Å². The number of hydrogen-bond donors (Lipinski definition) is 1. The second-order valence-electron chi connectivity index (χ2n) is 3.61. The maximum Gasteiger partial charge on any atom is 0.310 e. The lowest BCUT2D eigenvalue weighted by atomic mass is 10.2. The van der Waals surface area contributed by atoms with E-state index in [9.17, 15) is 9.59 Å². The molecule has 0 saturated carbocycles. The Morgan fingerprint density at radius 1 is 1.12 bits per heavy atom. The summed E-state index contributed by atoms with van der Waals surface area (Å²) in [5.74, 6) is -0.881. The zero-order chi connectivity index (χ0) is 13.5. The highest BCUT2D eigenvalue weighted by molar-refractivity contribution is 5.69. The molecular formula is C13H24O4. The third kappa shape index (κ3) is 20.7. The first-order valence-corrected chi connectivity index (χ1v) is 6.10. The molecule has 0 atom stereocenters. The van der Waals surface area contributed by atoms with E-state index in [0.717, 1.165) is 31.9 Å². The third-order valence-corrected chi connectivity index (χ3v) is 1.91. The summed E-state index contributed by atoms with van der Waals surface area (Å²) < 4.78 is 4.41. The van der Waals surface area contributed by atoms with Crippen LogP contribution in [0.2, 0.25) is 0 Å². The minimum Gasteiger partial charge on any atom is -0.481 e. The SMILES string of the molecule is C=COC(=O)CCC.CCCCCCC(=O)O. The van der Waals surface area contributed by atoms with Crippen molar-refractivity contribution in [3.05, 3.63) is 12.8 Å². The van der Waals surface area contributed by atoms with E-state index < -0.39 is 5.97 Å². The average molecular weight is 244 g/mol. The van der Waals surface area contributed by atoms with Crippen LogP contribution in [0.25, 0.3) is 0 Å². The lowest BCUT2D eigenvalue weighted by Gasteiger charge is -1.92. The number of carbonyl (C=O) groups is 2. The number of carboxylic acids is 1. The Labute approximate surface area is 104 Å². The molecule has 0 saturated heterocycles. The molecule has 0 bridgehead atoms. The van der Waals surface area contributed by atoms with E-state index in [2.05, 4.69) is 18.2 Å². The Morgan fingerprint density at radius 3 is 2.18 bits per heavy atom. The summed E-state index contributed by atoms with van der Waals surface area (Å²) in [4.78, 5) is 20.3. The van der Waals surface area contributed by atoms with Gasteiger partial charge in [0.1, 0.15) is 0 Å². The zero-order valence-electron chi connectivity index (χ0n) is 10.9. The number of carbonyl (C=O) groups excluding carboxylic acids is 1. The number of esters is 1. The Balaban J connectivity index is 0. The Hall–Kier alpha value is -1.32. The largest absolute Gasteiger partial charge is 0.481 e. The van der Waals surface area contributed by atoms with Crippen molar-refractivity contribution in [2.45, 2.75) is 58.8 Å².